The predicted octanol–water partition coefficient (Wildman–Crippen LogP) is 2.01. The summed E-state index contributed by atoms with van der Waals surface area (Å²) in [6.07, 6.45) is 1.16. The van der Waals surface area contributed by atoms with Gasteiger partial charge < -0.3 is 18.9 Å². The van der Waals surface area contributed by atoms with Gasteiger partial charge in [0, 0.05) is 25.8 Å². The Bertz CT molecular complexity index is 850. The first kappa shape index (κ1) is 20.9. The lowest BCUT2D eigenvalue weighted by Gasteiger charge is -2.32. The number of rotatable bonds is 5. The van der Waals surface area contributed by atoms with Gasteiger partial charge in [-0.15, -0.1) is 0 Å². The predicted molar refractivity (Wildman–Crippen MR) is 95.3 cm³/mol. The van der Waals surface area contributed by atoms with Gasteiger partial charge in [-0.3, -0.25) is 14.4 Å². The van der Waals surface area contributed by atoms with Crippen LogP contribution in [0.3, 0.4) is 0 Å². The lowest BCUT2D eigenvalue weighted by atomic mass is 9.75. The van der Waals surface area contributed by atoms with Gasteiger partial charge in [-0.2, -0.15) is 0 Å². The number of benzene rings is 1. The lowest BCUT2D eigenvalue weighted by Crippen LogP contribution is -2.34. The molecule has 0 aliphatic heterocycles. The van der Waals surface area contributed by atoms with E-state index in [9.17, 15) is 19.2 Å². The first-order valence-corrected chi connectivity index (χ1v) is 8.33. The van der Waals surface area contributed by atoms with E-state index < -0.39 is 35.7 Å². The van der Waals surface area contributed by atoms with Crippen LogP contribution in [0.5, 0.6) is 0 Å². The van der Waals surface area contributed by atoms with Gasteiger partial charge >= 0.3 is 23.9 Å². The van der Waals surface area contributed by atoms with Gasteiger partial charge in [0.05, 0.1) is 19.8 Å². The Morgan fingerprint density at radius 2 is 1.46 bits per heavy atom. The van der Waals surface area contributed by atoms with Crippen LogP contribution in [-0.2, 0) is 38.1 Å². The van der Waals surface area contributed by atoms with Crippen LogP contribution in [0.4, 0.5) is 0 Å². The molecule has 0 unspecified atom stereocenters. The number of carbonyl (C=O) groups is 4. The fourth-order valence-corrected chi connectivity index (χ4v) is 3.02. The van der Waals surface area contributed by atoms with E-state index in [1.54, 1.807) is 30.3 Å². The first-order valence-electron chi connectivity index (χ1n) is 8.33. The Labute approximate surface area is 161 Å². The molecule has 1 aliphatic rings. The second-order valence-corrected chi connectivity index (χ2v) is 5.89. The number of hydrogen-bond donors (Lipinski definition) is 0. The quantitative estimate of drug-likeness (QED) is 0.557. The van der Waals surface area contributed by atoms with Gasteiger partial charge in [0.15, 0.2) is 0 Å². The molecule has 0 N–H and O–H groups in total. The van der Waals surface area contributed by atoms with E-state index in [1.165, 1.54) is 14.2 Å². The summed E-state index contributed by atoms with van der Waals surface area (Å²) in [5.41, 5.74) is 0.482. The van der Waals surface area contributed by atoms with Gasteiger partial charge in [-0.1, -0.05) is 30.3 Å². The molecule has 0 heterocycles. The van der Waals surface area contributed by atoms with Crippen molar-refractivity contribution in [1.82, 2.24) is 0 Å². The highest BCUT2D eigenvalue weighted by Crippen LogP contribution is 2.43. The van der Waals surface area contributed by atoms with E-state index in [4.69, 9.17) is 18.9 Å². The van der Waals surface area contributed by atoms with Gasteiger partial charge in [-0.25, -0.2) is 4.79 Å². The van der Waals surface area contributed by atoms with Crippen molar-refractivity contribution >= 4 is 23.9 Å². The standard InChI is InChI=1S/C20H20O8/c1-11(21)27-14-10-15(28-12(2)22)18(20(24)26-4)16(17(14)19(23)25-3)13-8-6-5-7-9-13/h5-10,16-17H,1-4H3/t16-,17-/m0/s1. The maximum Gasteiger partial charge on any atom is 0.338 e. The molecule has 0 saturated carbocycles. The highest BCUT2D eigenvalue weighted by molar-refractivity contribution is 5.95. The summed E-state index contributed by atoms with van der Waals surface area (Å²) in [7, 11) is 2.35. The summed E-state index contributed by atoms with van der Waals surface area (Å²) < 4.78 is 20.1. The average Bonchev–Trinajstić information content (AvgIpc) is 2.66. The van der Waals surface area contributed by atoms with E-state index in [1.807, 2.05) is 0 Å². The minimum Gasteiger partial charge on any atom is -0.468 e. The van der Waals surface area contributed by atoms with E-state index in [-0.39, 0.29) is 17.1 Å². The zero-order valence-electron chi connectivity index (χ0n) is 15.9. The van der Waals surface area contributed by atoms with Crippen LogP contribution in [0.15, 0.2) is 53.5 Å². The summed E-state index contributed by atoms with van der Waals surface area (Å²) >= 11 is 0. The summed E-state index contributed by atoms with van der Waals surface area (Å²) in [5.74, 6) is -5.29. The monoisotopic (exact) mass is 388 g/mol. The van der Waals surface area contributed by atoms with Crippen LogP contribution in [0.2, 0.25) is 0 Å². The Balaban J connectivity index is 2.80. The summed E-state index contributed by atoms with van der Waals surface area (Å²) in [6, 6.07) is 8.57. The van der Waals surface area contributed by atoms with Crippen LogP contribution < -0.4 is 0 Å². The maximum atomic E-state index is 12.6. The SMILES string of the molecule is COC(=O)C1=C(OC(C)=O)C=C(OC(C)=O)[C@H](C(=O)OC)[C@@H]1c1ccccc1. The molecular weight excluding hydrogens is 368 g/mol. The molecule has 148 valence electrons. The number of methoxy groups -OCH3 is 2. The van der Waals surface area contributed by atoms with Crippen LogP contribution in [-0.4, -0.2) is 38.1 Å². The Morgan fingerprint density at radius 1 is 0.857 bits per heavy atom. The second kappa shape index (κ2) is 8.98. The molecule has 28 heavy (non-hydrogen) atoms. The van der Waals surface area contributed by atoms with E-state index in [0.717, 1.165) is 19.9 Å². The Hall–Kier alpha value is -3.42. The van der Waals surface area contributed by atoms with Crippen LogP contribution in [0, 0.1) is 5.92 Å². The molecule has 1 aromatic rings. The normalized spacial score (nSPS) is 18.6. The number of ether oxygens (including phenoxy) is 4. The zero-order valence-corrected chi connectivity index (χ0v) is 15.9. The molecule has 8 heteroatoms. The van der Waals surface area contributed by atoms with Crippen molar-refractivity contribution in [1.29, 1.82) is 0 Å². The lowest BCUT2D eigenvalue weighted by molar-refractivity contribution is -0.148. The number of allylic oxidation sites excluding steroid dienone is 1. The Morgan fingerprint density at radius 3 is 1.96 bits per heavy atom. The van der Waals surface area contributed by atoms with Crippen molar-refractivity contribution < 1.29 is 38.1 Å². The highest BCUT2D eigenvalue weighted by Gasteiger charge is 2.45. The summed E-state index contributed by atoms with van der Waals surface area (Å²) in [5, 5.41) is 0. The van der Waals surface area contributed by atoms with E-state index >= 15 is 0 Å². The van der Waals surface area contributed by atoms with Gasteiger partial charge in [0.1, 0.15) is 17.4 Å². The minimum absolute atomic E-state index is 0.0600. The molecule has 1 aliphatic carbocycles. The molecule has 0 aromatic heterocycles. The van der Waals surface area contributed by atoms with Crippen molar-refractivity contribution in [3.8, 4) is 0 Å². The number of hydrogen-bond acceptors (Lipinski definition) is 8. The molecule has 0 spiro atoms. The van der Waals surface area contributed by atoms with Crippen molar-refractivity contribution in [2.24, 2.45) is 5.92 Å². The topological polar surface area (TPSA) is 105 Å². The molecular formula is C20H20O8. The molecule has 0 bridgehead atoms. The summed E-state index contributed by atoms with van der Waals surface area (Å²) in [4.78, 5) is 48.3. The van der Waals surface area contributed by atoms with Gasteiger partial charge in [-0.05, 0) is 5.56 Å². The third-order valence-electron chi connectivity index (χ3n) is 4.02. The van der Waals surface area contributed by atoms with Crippen molar-refractivity contribution in [2.75, 3.05) is 14.2 Å². The molecule has 8 nitrogen and oxygen atoms in total. The van der Waals surface area contributed by atoms with Gasteiger partial charge in [0.25, 0.3) is 0 Å². The largest absolute Gasteiger partial charge is 0.468 e. The second-order valence-electron chi connectivity index (χ2n) is 5.89. The fraction of sp³-hybridized carbons (Fsp3) is 0.300. The van der Waals surface area contributed by atoms with Crippen molar-refractivity contribution in [3.05, 3.63) is 59.1 Å². The van der Waals surface area contributed by atoms with Crippen LogP contribution in [0.1, 0.15) is 25.3 Å². The third kappa shape index (κ3) is 4.46. The highest BCUT2D eigenvalue weighted by atomic mass is 16.6. The maximum absolute atomic E-state index is 12.6. The van der Waals surface area contributed by atoms with Crippen molar-refractivity contribution in [2.45, 2.75) is 19.8 Å². The Kier molecular flexibility index (Phi) is 6.70. The summed E-state index contributed by atoms with van der Waals surface area (Å²) in [6.45, 7) is 2.32. The zero-order chi connectivity index (χ0) is 20.8. The van der Waals surface area contributed by atoms with E-state index in [2.05, 4.69) is 0 Å². The molecule has 0 radical (unpaired) electrons. The molecule has 1 aromatic carbocycles. The minimum atomic E-state index is -1.16. The first-order chi connectivity index (χ1) is 13.3. The van der Waals surface area contributed by atoms with Gasteiger partial charge in [0.2, 0.25) is 0 Å². The van der Waals surface area contributed by atoms with Crippen LogP contribution >= 0.6 is 0 Å². The molecule has 0 amide bonds. The average molecular weight is 388 g/mol. The molecule has 0 fully saturated rings. The molecule has 2 rings (SSSR count). The number of carbonyl (C=O) groups excluding carboxylic acids is 4. The smallest absolute Gasteiger partial charge is 0.338 e. The van der Waals surface area contributed by atoms with Crippen LogP contribution in [0.25, 0.3) is 0 Å². The van der Waals surface area contributed by atoms with E-state index in [0.29, 0.717) is 5.56 Å². The number of esters is 4. The molecule has 2 atom stereocenters. The third-order valence-corrected chi connectivity index (χ3v) is 4.02. The fourth-order valence-electron chi connectivity index (χ4n) is 3.02. The van der Waals surface area contributed by atoms with Crippen molar-refractivity contribution in [3.63, 3.8) is 0 Å². The molecule has 0 saturated heterocycles.